The van der Waals surface area contributed by atoms with Gasteiger partial charge in [-0.15, -0.1) is 10.2 Å². The van der Waals surface area contributed by atoms with E-state index in [0.29, 0.717) is 13.1 Å². The molecule has 1 N–H and O–H groups in total. The molecule has 8 nitrogen and oxygen atoms in total. The van der Waals surface area contributed by atoms with Gasteiger partial charge in [0.1, 0.15) is 6.33 Å². The Hall–Kier alpha value is -3.16. The number of carbonyl (C=O) groups excluding carboxylic acids is 1. The molecule has 0 saturated carbocycles. The Morgan fingerprint density at radius 2 is 2.00 bits per heavy atom. The molecule has 27 heavy (non-hydrogen) atoms. The molecule has 8 heteroatoms. The van der Waals surface area contributed by atoms with Gasteiger partial charge in [-0.25, -0.2) is 9.78 Å². The van der Waals surface area contributed by atoms with Crippen LogP contribution in [0.15, 0.2) is 55.4 Å². The molecule has 0 saturated heterocycles. The second kappa shape index (κ2) is 8.48. The summed E-state index contributed by atoms with van der Waals surface area (Å²) in [4.78, 5) is 18.5. The van der Waals surface area contributed by atoms with Gasteiger partial charge in [-0.2, -0.15) is 0 Å². The Kier molecular flexibility index (Phi) is 5.85. The van der Waals surface area contributed by atoms with Gasteiger partial charge in [0.05, 0.1) is 18.9 Å². The number of rotatable bonds is 7. The molecular weight excluding hydrogens is 342 g/mol. The molecular formula is C19H25N7O. The largest absolute Gasteiger partial charge is 0.335 e. The third kappa shape index (κ3) is 4.72. The normalized spacial score (nSPS) is 12.1. The molecule has 0 bridgehead atoms. The molecule has 3 aromatic rings. The van der Waals surface area contributed by atoms with Gasteiger partial charge < -0.3 is 19.4 Å². The first kappa shape index (κ1) is 18.6. The van der Waals surface area contributed by atoms with Crippen LogP contribution in [0, 0.1) is 0 Å². The second-order valence-corrected chi connectivity index (χ2v) is 6.78. The molecule has 0 spiro atoms. The number of nitrogens with one attached hydrogen (secondary N) is 1. The monoisotopic (exact) mass is 367 g/mol. The zero-order valence-electron chi connectivity index (χ0n) is 15.9. The van der Waals surface area contributed by atoms with E-state index in [1.807, 2.05) is 45.7 Å². The Morgan fingerprint density at radius 3 is 2.67 bits per heavy atom. The van der Waals surface area contributed by atoms with Crippen LogP contribution in [0.2, 0.25) is 0 Å². The molecule has 1 aromatic carbocycles. The standard InChI is InChI=1S/C19H25N7O/c1-15(2)26-14-21-23-18(26)12-24(3)19(27)22-17(11-25-10-9-20-13-25)16-7-5-4-6-8-16/h4-10,13-15,17H,11-12H2,1-3H3,(H,22,27)/t17-/m0/s1. The maximum absolute atomic E-state index is 12.8. The van der Waals surface area contributed by atoms with Crippen molar-refractivity contribution in [2.75, 3.05) is 7.05 Å². The average Bonchev–Trinajstić information content (AvgIpc) is 3.33. The molecule has 1 atom stereocenters. The van der Waals surface area contributed by atoms with Crippen LogP contribution in [0.1, 0.15) is 37.3 Å². The number of imidazole rings is 1. The van der Waals surface area contributed by atoms with Crippen LogP contribution >= 0.6 is 0 Å². The van der Waals surface area contributed by atoms with E-state index in [2.05, 4.69) is 34.3 Å². The van der Waals surface area contributed by atoms with E-state index >= 15 is 0 Å². The first-order valence-corrected chi connectivity index (χ1v) is 8.95. The Bertz CT molecular complexity index is 842. The van der Waals surface area contributed by atoms with Crippen LogP contribution in [0.25, 0.3) is 0 Å². The minimum Gasteiger partial charge on any atom is -0.335 e. The number of hydrogen-bond donors (Lipinski definition) is 1. The number of urea groups is 1. The van der Waals surface area contributed by atoms with Crippen LogP contribution in [-0.4, -0.2) is 42.3 Å². The van der Waals surface area contributed by atoms with Gasteiger partial charge in [-0.3, -0.25) is 0 Å². The van der Waals surface area contributed by atoms with Crippen LogP contribution < -0.4 is 5.32 Å². The zero-order valence-corrected chi connectivity index (χ0v) is 15.9. The van der Waals surface area contributed by atoms with Crippen LogP contribution in [-0.2, 0) is 13.1 Å². The van der Waals surface area contributed by atoms with E-state index in [1.54, 1.807) is 30.8 Å². The van der Waals surface area contributed by atoms with E-state index in [9.17, 15) is 4.79 Å². The molecule has 2 amide bonds. The summed E-state index contributed by atoms with van der Waals surface area (Å²) in [7, 11) is 1.76. The highest BCUT2D eigenvalue weighted by Crippen LogP contribution is 2.16. The number of hydrogen-bond acceptors (Lipinski definition) is 4. The number of amides is 2. The first-order valence-electron chi connectivity index (χ1n) is 8.95. The fraction of sp³-hybridized carbons (Fsp3) is 0.368. The lowest BCUT2D eigenvalue weighted by Gasteiger charge is -2.24. The van der Waals surface area contributed by atoms with Crippen molar-refractivity contribution in [3.63, 3.8) is 0 Å². The van der Waals surface area contributed by atoms with Crippen molar-refractivity contribution in [2.24, 2.45) is 0 Å². The fourth-order valence-electron chi connectivity index (χ4n) is 2.88. The summed E-state index contributed by atoms with van der Waals surface area (Å²) >= 11 is 0. The highest BCUT2D eigenvalue weighted by atomic mass is 16.2. The summed E-state index contributed by atoms with van der Waals surface area (Å²) in [6.07, 6.45) is 7.06. The van der Waals surface area contributed by atoms with Crippen molar-refractivity contribution in [3.05, 3.63) is 66.8 Å². The molecule has 0 fully saturated rings. The number of carbonyl (C=O) groups is 1. The van der Waals surface area contributed by atoms with Gasteiger partial charge in [-0.1, -0.05) is 30.3 Å². The molecule has 0 radical (unpaired) electrons. The summed E-state index contributed by atoms with van der Waals surface area (Å²) in [5.41, 5.74) is 1.04. The van der Waals surface area contributed by atoms with E-state index in [4.69, 9.17) is 0 Å². The Labute approximate surface area is 158 Å². The lowest BCUT2D eigenvalue weighted by atomic mass is 10.1. The minimum atomic E-state index is -0.168. The first-order chi connectivity index (χ1) is 13.0. The zero-order chi connectivity index (χ0) is 19.2. The van der Waals surface area contributed by atoms with Crippen molar-refractivity contribution in [2.45, 2.75) is 39.0 Å². The molecule has 2 aromatic heterocycles. The predicted molar refractivity (Wildman–Crippen MR) is 102 cm³/mol. The van der Waals surface area contributed by atoms with E-state index in [0.717, 1.165) is 11.4 Å². The van der Waals surface area contributed by atoms with Crippen molar-refractivity contribution >= 4 is 6.03 Å². The minimum absolute atomic E-state index is 0.165. The van der Waals surface area contributed by atoms with Crippen molar-refractivity contribution in [3.8, 4) is 0 Å². The van der Waals surface area contributed by atoms with E-state index in [-0.39, 0.29) is 18.1 Å². The van der Waals surface area contributed by atoms with Gasteiger partial charge >= 0.3 is 6.03 Å². The summed E-state index contributed by atoms with van der Waals surface area (Å²) in [5.74, 6) is 0.758. The number of aromatic nitrogens is 5. The second-order valence-electron chi connectivity index (χ2n) is 6.78. The molecule has 2 heterocycles. The van der Waals surface area contributed by atoms with Crippen LogP contribution in [0.4, 0.5) is 4.79 Å². The van der Waals surface area contributed by atoms with Gasteiger partial charge in [0.15, 0.2) is 5.82 Å². The quantitative estimate of drug-likeness (QED) is 0.696. The lowest BCUT2D eigenvalue weighted by molar-refractivity contribution is 0.199. The molecule has 0 aliphatic heterocycles. The molecule has 3 rings (SSSR count). The van der Waals surface area contributed by atoms with E-state index < -0.39 is 0 Å². The smallest absolute Gasteiger partial charge is 0.318 e. The predicted octanol–water partition coefficient (Wildman–Crippen LogP) is 2.64. The maximum atomic E-state index is 12.8. The molecule has 142 valence electrons. The Balaban J connectivity index is 1.70. The van der Waals surface area contributed by atoms with Gasteiger partial charge in [0, 0.05) is 32.0 Å². The molecule has 0 aliphatic rings. The number of nitrogens with zero attached hydrogens (tertiary/aromatic N) is 6. The van der Waals surface area contributed by atoms with E-state index in [1.165, 1.54) is 0 Å². The SMILES string of the molecule is CC(C)n1cnnc1CN(C)C(=O)N[C@@H](Cn1ccnc1)c1ccccc1. The lowest BCUT2D eigenvalue weighted by Crippen LogP contribution is -2.40. The number of benzene rings is 1. The van der Waals surface area contributed by atoms with Gasteiger partial charge in [0.25, 0.3) is 0 Å². The van der Waals surface area contributed by atoms with Crippen LogP contribution in [0.3, 0.4) is 0 Å². The third-order valence-corrected chi connectivity index (χ3v) is 4.38. The topological polar surface area (TPSA) is 80.9 Å². The van der Waals surface area contributed by atoms with Crippen molar-refractivity contribution in [1.29, 1.82) is 0 Å². The molecule has 0 aliphatic carbocycles. The highest BCUT2D eigenvalue weighted by Gasteiger charge is 2.19. The van der Waals surface area contributed by atoms with Crippen LogP contribution in [0.5, 0.6) is 0 Å². The average molecular weight is 367 g/mol. The fourth-order valence-corrected chi connectivity index (χ4v) is 2.88. The molecule has 0 unspecified atom stereocenters. The van der Waals surface area contributed by atoms with Gasteiger partial charge in [0.2, 0.25) is 0 Å². The summed E-state index contributed by atoms with van der Waals surface area (Å²) in [6.45, 7) is 5.11. The Morgan fingerprint density at radius 1 is 1.22 bits per heavy atom. The third-order valence-electron chi connectivity index (χ3n) is 4.38. The maximum Gasteiger partial charge on any atom is 0.318 e. The van der Waals surface area contributed by atoms with Crippen molar-refractivity contribution < 1.29 is 4.79 Å². The van der Waals surface area contributed by atoms with Crippen molar-refractivity contribution in [1.82, 2.24) is 34.5 Å². The summed E-state index contributed by atoms with van der Waals surface area (Å²) in [5, 5.41) is 11.2. The summed E-state index contributed by atoms with van der Waals surface area (Å²) < 4.78 is 3.91. The highest BCUT2D eigenvalue weighted by molar-refractivity contribution is 5.74. The van der Waals surface area contributed by atoms with Gasteiger partial charge in [-0.05, 0) is 19.4 Å². The summed E-state index contributed by atoms with van der Waals surface area (Å²) in [6, 6.07) is 9.83.